The lowest BCUT2D eigenvalue weighted by Crippen LogP contribution is -2.34. The van der Waals surface area contributed by atoms with Crippen molar-refractivity contribution in [3.05, 3.63) is 66.5 Å². The summed E-state index contributed by atoms with van der Waals surface area (Å²) in [7, 11) is 4.07. The Balaban J connectivity index is 1.47. The van der Waals surface area contributed by atoms with Gasteiger partial charge in [0.05, 0.1) is 12.7 Å². The third kappa shape index (κ3) is 4.44. The highest BCUT2D eigenvalue weighted by Gasteiger charge is 2.29. The molecule has 0 amide bonds. The summed E-state index contributed by atoms with van der Waals surface area (Å²) in [5, 5.41) is 4.39. The fourth-order valence-electron chi connectivity index (χ4n) is 4.37. The number of ether oxygens (including phenoxy) is 2. The molecule has 3 heterocycles. The quantitative estimate of drug-likeness (QED) is 0.461. The average Bonchev–Trinajstić information content (AvgIpc) is 3.21. The first-order chi connectivity index (χ1) is 16.5. The minimum atomic E-state index is -0.464. The Morgan fingerprint density at radius 3 is 2.68 bits per heavy atom. The van der Waals surface area contributed by atoms with Crippen LogP contribution in [0, 0.1) is 5.82 Å². The smallest absolute Gasteiger partial charge is 0.153 e. The number of rotatable bonds is 6. The monoisotopic (exact) mass is 462 g/mol. The maximum atomic E-state index is 15.3. The molecule has 4 aromatic rings. The molecule has 1 saturated heterocycles. The predicted octanol–water partition coefficient (Wildman–Crippen LogP) is 4.13. The van der Waals surface area contributed by atoms with Crippen LogP contribution in [-0.2, 0) is 4.74 Å². The van der Waals surface area contributed by atoms with E-state index in [1.807, 2.05) is 44.4 Å². The maximum Gasteiger partial charge on any atom is 0.153 e. The third-order valence-corrected chi connectivity index (χ3v) is 5.96. The summed E-state index contributed by atoms with van der Waals surface area (Å²) in [6.07, 6.45) is 3.38. The molecule has 0 unspecified atom stereocenters. The van der Waals surface area contributed by atoms with Crippen molar-refractivity contribution in [3.8, 4) is 22.8 Å². The van der Waals surface area contributed by atoms with Crippen LogP contribution in [0.3, 0.4) is 0 Å². The van der Waals surface area contributed by atoms with Crippen LogP contribution in [0.2, 0.25) is 0 Å². The molecule has 5 rings (SSSR count). The third-order valence-electron chi connectivity index (χ3n) is 5.96. The largest absolute Gasteiger partial charge is 0.457 e. The standard InChI is InChI=1S/C25H27FN6O2/c1-31(2)13-19-9-8-16(14-33-19)25-30-22(23-24(27)28-15-29-32(23)25)20-11-10-18(12-21(20)26)34-17-6-4-3-5-7-17/h3-7,10-12,15-16,19H,8-9,13-14H2,1-2H3,(H2,27,28,29)/t16-,19+/m0/s1. The lowest BCUT2D eigenvalue weighted by atomic mass is 9.97. The number of hydrogen-bond donors (Lipinski definition) is 1. The van der Waals surface area contributed by atoms with Gasteiger partial charge in [0.2, 0.25) is 0 Å². The predicted molar refractivity (Wildman–Crippen MR) is 127 cm³/mol. The first-order valence-corrected chi connectivity index (χ1v) is 11.3. The summed E-state index contributed by atoms with van der Waals surface area (Å²) in [6, 6.07) is 14.0. The number of para-hydroxylation sites is 1. The summed E-state index contributed by atoms with van der Waals surface area (Å²) in [6.45, 7) is 1.39. The van der Waals surface area contributed by atoms with Gasteiger partial charge in [0.1, 0.15) is 40.7 Å². The zero-order chi connectivity index (χ0) is 23.7. The van der Waals surface area contributed by atoms with Gasteiger partial charge in [0, 0.05) is 24.1 Å². The van der Waals surface area contributed by atoms with Crippen LogP contribution in [0.25, 0.3) is 16.8 Å². The molecule has 0 saturated carbocycles. The Hall–Kier alpha value is -3.56. The van der Waals surface area contributed by atoms with Crippen LogP contribution < -0.4 is 10.5 Å². The van der Waals surface area contributed by atoms with E-state index in [0.717, 1.165) is 19.4 Å². The number of nitrogens with zero attached hydrogens (tertiary/aromatic N) is 5. The summed E-state index contributed by atoms with van der Waals surface area (Å²) >= 11 is 0. The fraction of sp³-hybridized carbons (Fsp3) is 0.320. The summed E-state index contributed by atoms with van der Waals surface area (Å²) in [5.74, 6) is 1.54. The van der Waals surface area contributed by atoms with Crippen LogP contribution in [0.5, 0.6) is 11.5 Å². The minimum absolute atomic E-state index is 0.0257. The molecule has 2 N–H and O–H groups in total. The van der Waals surface area contributed by atoms with E-state index >= 15 is 4.39 Å². The number of imidazole rings is 1. The normalized spacial score (nSPS) is 18.5. The number of nitrogens with two attached hydrogens (primary N) is 1. The van der Waals surface area contributed by atoms with E-state index in [1.165, 1.54) is 12.4 Å². The number of fused-ring (bicyclic) bond motifs is 1. The second-order valence-corrected chi connectivity index (χ2v) is 8.77. The lowest BCUT2D eigenvalue weighted by Gasteiger charge is -2.29. The number of anilines is 1. The second-order valence-electron chi connectivity index (χ2n) is 8.77. The Bertz CT molecular complexity index is 1290. The van der Waals surface area contributed by atoms with Crippen molar-refractivity contribution in [2.24, 2.45) is 0 Å². The van der Waals surface area contributed by atoms with E-state index in [9.17, 15) is 0 Å². The minimum Gasteiger partial charge on any atom is -0.457 e. The summed E-state index contributed by atoms with van der Waals surface area (Å²) in [5.41, 5.74) is 7.41. The second kappa shape index (κ2) is 9.36. The lowest BCUT2D eigenvalue weighted by molar-refractivity contribution is -0.0106. The molecular formula is C25H27FN6O2. The molecule has 0 radical (unpaired) electrons. The van der Waals surface area contributed by atoms with Crippen molar-refractivity contribution < 1.29 is 13.9 Å². The fourth-order valence-corrected chi connectivity index (χ4v) is 4.37. The molecule has 1 aliphatic rings. The summed E-state index contributed by atoms with van der Waals surface area (Å²) in [4.78, 5) is 11.1. The van der Waals surface area contributed by atoms with Crippen molar-refractivity contribution in [2.75, 3.05) is 33.0 Å². The molecule has 0 bridgehead atoms. The van der Waals surface area contributed by atoms with E-state index < -0.39 is 5.82 Å². The van der Waals surface area contributed by atoms with Gasteiger partial charge in [-0.3, -0.25) is 0 Å². The summed E-state index contributed by atoms with van der Waals surface area (Å²) < 4.78 is 28.8. The number of halogens is 1. The van der Waals surface area contributed by atoms with E-state index in [1.54, 1.807) is 16.6 Å². The van der Waals surface area contributed by atoms with E-state index in [0.29, 0.717) is 40.7 Å². The van der Waals surface area contributed by atoms with Gasteiger partial charge < -0.3 is 20.1 Å². The Morgan fingerprint density at radius 1 is 1.15 bits per heavy atom. The number of benzene rings is 2. The topological polar surface area (TPSA) is 90.8 Å². The first-order valence-electron chi connectivity index (χ1n) is 11.3. The molecule has 0 spiro atoms. The van der Waals surface area contributed by atoms with Gasteiger partial charge in [-0.1, -0.05) is 18.2 Å². The number of nitrogen functional groups attached to an aromatic ring is 1. The zero-order valence-electron chi connectivity index (χ0n) is 19.2. The van der Waals surface area contributed by atoms with Gasteiger partial charge in [0.15, 0.2) is 5.82 Å². The van der Waals surface area contributed by atoms with Gasteiger partial charge in [-0.15, -0.1) is 0 Å². The van der Waals surface area contributed by atoms with Crippen molar-refractivity contribution in [1.29, 1.82) is 0 Å². The first kappa shape index (κ1) is 22.2. The van der Waals surface area contributed by atoms with Gasteiger partial charge in [-0.05, 0) is 51.2 Å². The van der Waals surface area contributed by atoms with E-state index in [4.69, 9.17) is 20.2 Å². The van der Waals surface area contributed by atoms with Gasteiger partial charge >= 0.3 is 0 Å². The van der Waals surface area contributed by atoms with Crippen LogP contribution in [0.1, 0.15) is 24.6 Å². The Morgan fingerprint density at radius 2 is 1.97 bits per heavy atom. The van der Waals surface area contributed by atoms with Gasteiger partial charge in [0.25, 0.3) is 0 Å². The highest BCUT2D eigenvalue weighted by Crippen LogP contribution is 2.36. The van der Waals surface area contributed by atoms with Crippen molar-refractivity contribution in [1.82, 2.24) is 24.5 Å². The van der Waals surface area contributed by atoms with Crippen molar-refractivity contribution in [3.63, 3.8) is 0 Å². The van der Waals surface area contributed by atoms with Crippen molar-refractivity contribution in [2.45, 2.75) is 24.9 Å². The van der Waals surface area contributed by atoms with Crippen molar-refractivity contribution >= 4 is 11.3 Å². The molecule has 0 aliphatic carbocycles. The Kier molecular flexibility index (Phi) is 6.12. The molecule has 176 valence electrons. The highest BCUT2D eigenvalue weighted by molar-refractivity contribution is 5.85. The van der Waals surface area contributed by atoms with E-state index in [-0.39, 0.29) is 17.8 Å². The highest BCUT2D eigenvalue weighted by atomic mass is 19.1. The molecule has 1 aliphatic heterocycles. The number of hydrogen-bond acceptors (Lipinski definition) is 7. The molecule has 9 heteroatoms. The number of likely N-dealkylation sites (N-methyl/N-ethyl adjacent to an activating group) is 1. The van der Waals surface area contributed by atoms with E-state index in [2.05, 4.69) is 15.0 Å². The molecule has 1 fully saturated rings. The maximum absolute atomic E-state index is 15.3. The zero-order valence-corrected chi connectivity index (χ0v) is 19.2. The molecule has 2 aromatic heterocycles. The molecule has 2 atom stereocenters. The Labute approximate surface area is 197 Å². The average molecular weight is 463 g/mol. The van der Waals surface area contributed by atoms with Crippen LogP contribution in [-0.4, -0.2) is 57.8 Å². The van der Waals surface area contributed by atoms with Crippen LogP contribution in [0.4, 0.5) is 10.2 Å². The SMILES string of the molecule is CN(C)C[C@H]1CC[C@H](c2nc(-c3ccc(Oc4ccccc4)cc3F)c3c(N)ncnn23)CO1. The number of aromatic nitrogens is 4. The van der Waals surface area contributed by atoms with Crippen LogP contribution >= 0.6 is 0 Å². The van der Waals surface area contributed by atoms with Gasteiger partial charge in [-0.25, -0.2) is 18.9 Å². The molecule has 2 aromatic carbocycles. The van der Waals surface area contributed by atoms with Crippen LogP contribution in [0.15, 0.2) is 54.9 Å². The van der Waals surface area contributed by atoms with Gasteiger partial charge in [-0.2, -0.15) is 5.10 Å². The molecule has 34 heavy (non-hydrogen) atoms. The molecule has 8 nitrogen and oxygen atoms in total. The molecular weight excluding hydrogens is 435 g/mol.